The fraction of sp³-hybridized carbons (Fsp3) is 0.500. The van der Waals surface area contributed by atoms with Crippen LogP contribution in [0.15, 0.2) is 46.4 Å². The molecule has 38 heavy (non-hydrogen) atoms. The minimum atomic E-state index is -0.164. The summed E-state index contributed by atoms with van der Waals surface area (Å²) < 4.78 is 0. The van der Waals surface area contributed by atoms with Gasteiger partial charge in [-0.05, 0) is 64.1 Å². The highest BCUT2D eigenvalue weighted by Crippen LogP contribution is 2.34. The Bertz CT molecular complexity index is 1170. The molecule has 0 radical (unpaired) electrons. The van der Waals surface area contributed by atoms with Gasteiger partial charge in [-0.3, -0.25) is 9.59 Å². The molecule has 0 unspecified atom stereocenters. The van der Waals surface area contributed by atoms with Crippen molar-refractivity contribution in [2.75, 3.05) is 26.2 Å². The molecule has 0 aliphatic heterocycles. The van der Waals surface area contributed by atoms with Gasteiger partial charge in [-0.25, -0.2) is 9.98 Å². The fourth-order valence-corrected chi connectivity index (χ4v) is 4.98. The number of carbonyl (C=O) groups excluding carboxylic acids is 2. The van der Waals surface area contributed by atoms with E-state index in [-0.39, 0.29) is 22.4 Å². The predicted octanol–water partition coefficient (Wildman–Crippen LogP) is 7.30. The number of nitrogens with zero attached hydrogens (tertiary/aromatic N) is 4. The molecule has 0 fully saturated rings. The van der Waals surface area contributed by atoms with Crippen LogP contribution in [-0.4, -0.2) is 59.2 Å². The van der Waals surface area contributed by atoms with E-state index in [1.807, 2.05) is 12.1 Å². The van der Waals surface area contributed by atoms with Crippen LogP contribution >= 0.6 is 0 Å². The number of carbonyl (C=O) groups is 2. The Labute approximate surface area is 228 Å². The lowest BCUT2D eigenvalue weighted by Gasteiger charge is -2.32. The second-order valence-corrected chi connectivity index (χ2v) is 11.8. The average molecular weight is 517 g/mol. The minimum absolute atomic E-state index is 0.151. The first kappa shape index (κ1) is 29.3. The molecule has 0 atom stereocenters. The van der Waals surface area contributed by atoms with Gasteiger partial charge in [0.05, 0.1) is 11.4 Å². The fourth-order valence-electron chi connectivity index (χ4n) is 4.98. The number of hydrogen-bond donors (Lipinski definition) is 0. The second kappa shape index (κ2) is 11.2. The molecule has 0 heterocycles. The number of amidine groups is 2. The molecule has 0 spiro atoms. The van der Waals surface area contributed by atoms with E-state index in [4.69, 9.17) is 9.98 Å². The van der Waals surface area contributed by atoms with E-state index in [1.165, 1.54) is 0 Å². The van der Waals surface area contributed by atoms with E-state index in [9.17, 15) is 9.59 Å². The zero-order valence-electron chi connectivity index (χ0n) is 24.9. The van der Waals surface area contributed by atoms with E-state index in [0.717, 1.165) is 37.9 Å². The van der Waals surface area contributed by atoms with Crippen LogP contribution in [-0.2, 0) is 0 Å². The van der Waals surface area contributed by atoms with Gasteiger partial charge in [0.25, 0.3) is 0 Å². The molecular formula is C32H44N4O2. The van der Waals surface area contributed by atoms with Crippen molar-refractivity contribution in [2.24, 2.45) is 20.8 Å². The van der Waals surface area contributed by atoms with Crippen LogP contribution in [0.25, 0.3) is 0 Å². The van der Waals surface area contributed by atoms with Crippen LogP contribution in [0.2, 0.25) is 0 Å². The number of benzene rings is 2. The first-order valence-corrected chi connectivity index (χ1v) is 13.8. The van der Waals surface area contributed by atoms with Crippen molar-refractivity contribution in [3.8, 4) is 0 Å². The van der Waals surface area contributed by atoms with Crippen molar-refractivity contribution in [1.29, 1.82) is 0 Å². The third kappa shape index (κ3) is 5.90. The van der Waals surface area contributed by atoms with Crippen molar-refractivity contribution >= 4 is 34.6 Å². The average Bonchev–Trinajstić information content (AvgIpc) is 2.86. The molecule has 0 saturated carbocycles. The molecule has 1 aliphatic rings. The van der Waals surface area contributed by atoms with Gasteiger partial charge in [0.15, 0.2) is 11.6 Å². The summed E-state index contributed by atoms with van der Waals surface area (Å²) in [7, 11) is 0. The normalized spacial score (nSPS) is 14.4. The predicted molar refractivity (Wildman–Crippen MR) is 159 cm³/mol. The topological polar surface area (TPSA) is 65.3 Å². The number of ketones is 2. The largest absolute Gasteiger partial charge is 0.360 e. The van der Waals surface area contributed by atoms with E-state index in [2.05, 4.69) is 79.0 Å². The Morgan fingerprint density at radius 3 is 1.16 bits per heavy atom. The third-order valence-corrected chi connectivity index (χ3v) is 6.92. The highest BCUT2D eigenvalue weighted by atomic mass is 16.1. The van der Waals surface area contributed by atoms with Crippen molar-refractivity contribution in [3.05, 3.63) is 58.7 Å². The van der Waals surface area contributed by atoms with Crippen molar-refractivity contribution in [1.82, 2.24) is 9.80 Å². The molecule has 0 saturated heterocycles. The van der Waals surface area contributed by atoms with E-state index in [0.29, 0.717) is 33.6 Å². The van der Waals surface area contributed by atoms with Crippen LogP contribution < -0.4 is 0 Å². The van der Waals surface area contributed by atoms with Crippen molar-refractivity contribution < 1.29 is 9.59 Å². The Hall–Kier alpha value is -3.28. The van der Waals surface area contributed by atoms with Crippen molar-refractivity contribution in [3.63, 3.8) is 0 Å². The SMILES string of the molecule is CCN(CC)C(=Nc1ccc2c(c1)C(=O)c1ccc(N=C(N(CC)CC)C(C)(C)C)cc1C2=O)C(C)(C)C. The molecular weight excluding hydrogens is 472 g/mol. The lowest BCUT2D eigenvalue weighted by Crippen LogP contribution is -2.39. The first-order chi connectivity index (χ1) is 17.8. The van der Waals surface area contributed by atoms with Crippen LogP contribution in [0.3, 0.4) is 0 Å². The van der Waals surface area contributed by atoms with Crippen molar-refractivity contribution in [2.45, 2.75) is 69.2 Å². The summed E-state index contributed by atoms with van der Waals surface area (Å²) in [5, 5.41) is 0. The van der Waals surface area contributed by atoms with Gasteiger partial charge in [0, 0.05) is 59.3 Å². The number of fused-ring (bicyclic) bond motifs is 2. The number of rotatable bonds is 6. The van der Waals surface area contributed by atoms with Crippen LogP contribution in [0.1, 0.15) is 101 Å². The standard InChI is InChI=1S/C32H44N4O2/c1-11-35(12-2)29(31(5,6)7)33-21-15-17-23-25(19-21)27(37)24-18-16-22(20-26(24)28(23)38)34-30(32(8,9)10)36(13-3)14-4/h15-20H,11-14H2,1-10H3. The Balaban J connectivity index is 2.08. The molecule has 2 aromatic carbocycles. The first-order valence-electron chi connectivity index (χ1n) is 13.8. The summed E-state index contributed by atoms with van der Waals surface area (Å²) in [6, 6.07) is 10.7. The van der Waals surface area contributed by atoms with Gasteiger partial charge < -0.3 is 9.80 Å². The molecule has 0 N–H and O–H groups in total. The van der Waals surface area contributed by atoms with E-state index in [1.54, 1.807) is 24.3 Å². The molecule has 6 nitrogen and oxygen atoms in total. The summed E-state index contributed by atoms with van der Waals surface area (Å²) in [6.45, 7) is 24.7. The Morgan fingerprint density at radius 1 is 0.579 bits per heavy atom. The summed E-state index contributed by atoms with van der Waals surface area (Å²) >= 11 is 0. The summed E-state index contributed by atoms with van der Waals surface area (Å²) in [5.41, 5.74) is 2.69. The van der Waals surface area contributed by atoms with Crippen LogP contribution in [0.4, 0.5) is 11.4 Å². The van der Waals surface area contributed by atoms with Gasteiger partial charge in [-0.2, -0.15) is 0 Å². The smallest absolute Gasteiger partial charge is 0.194 e. The highest BCUT2D eigenvalue weighted by molar-refractivity contribution is 6.28. The summed E-state index contributed by atoms with van der Waals surface area (Å²) in [4.78, 5) is 41.5. The molecule has 0 bridgehead atoms. The third-order valence-electron chi connectivity index (χ3n) is 6.92. The summed E-state index contributed by atoms with van der Waals surface area (Å²) in [6.07, 6.45) is 0. The van der Waals surface area contributed by atoms with Crippen LogP contribution in [0.5, 0.6) is 0 Å². The Morgan fingerprint density at radius 2 is 0.895 bits per heavy atom. The molecule has 204 valence electrons. The highest BCUT2D eigenvalue weighted by Gasteiger charge is 2.31. The number of aliphatic imine (C=N–C) groups is 2. The zero-order valence-corrected chi connectivity index (χ0v) is 24.9. The molecule has 0 amide bonds. The van der Waals surface area contributed by atoms with Gasteiger partial charge in [-0.1, -0.05) is 41.5 Å². The lowest BCUT2D eigenvalue weighted by atomic mass is 9.83. The van der Waals surface area contributed by atoms with Gasteiger partial charge >= 0.3 is 0 Å². The number of hydrogen-bond acceptors (Lipinski definition) is 4. The summed E-state index contributed by atoms with van der Waals surface area (Å²) in [5.74, 6) is 1.62. The van der Waals surface area contributed by atoms with Crippen LogP contribution in [0, 0.1) is 10.8 Å². The molecule has 0 aromatic heterocycles. The van der Waals surface area contributed by atoms with Gasteiger partial charge in [0.1, 0.15) is 11.7 Å². The zero-order chi connectivity index (χ0) is 28.4. The monoisotopic (exact) mass is 516 g/mol. The second-order valence-electron chi connectivity index (χ2n) is 11.8. The van der Waals surface area contributed by atoms with E-state index < -0.39 is 0 Å². The van der Waals surface area contributed by atoms with Gasteiger partial charge in [0.2, 0.25) is 0 Å². The quantitative estimate of drug-likeness (QED) is 0.255. The maximum absolute atomic E-state index is 13.6. The maximum atomic E-state index is 13.6. The van der Waals surface area contributed by atoms with Gasteiger partial charge in [-0.15, -0.1) is 0 Å². The van der Waals surface area contributed by atoms with E-state index >= 15 is 0 Å². The molecule has 1 aliphatic carbocycles. The Kier molecular flexibility index (Phi) is 8.65. The maximum Gasteiger partial charge on any atom is 0.194 e. The molecule has 6 heteroatoms. The molecule has 3 rings (SSSR count). The minimum Gasteiger partial charge on any atom is -0.360 e. The molecule has 2 aromatic rings. The lowest BCUT2D eigenvalue weighted by molar-refractivity contribution is 0.0979.